The van der Waals surface area contributed by atoms with Crippen molar-refractivity contribution in [3.05, 3.63) is 81.6 Å². The molecule has 0 unspecified atom stereocenters. The number of hydrogen-bond donors (Lipinski definition) is 1. The van der Waals surface area contributed by atoms with E-state index >= 15 is 0 Å². The van der Waals surface area contributed by atoms with Crippen LogP contribution in [0.15, 0.2) is 54.1 Å². The molecule has 1 aliphatic rings. The van der Waals surface area contributed by atoms with Crippen LogP contribution in [-0.4, -0.2) is 34.7 Å². The molecule has 0 saturated carbocycles. The predicted molar refractivity (Wildman–Crippen MR) is 121 cm³/mol. The van der Waals surface area contributed by atoms with Crippen molar-refractivity contribution in [3.63, 3.8) is 0 Å². The number of rotatable bonds is 5. The molecule has 1 atom stereocenters. The molecule has 4 rings (SSSR count). The summed E-state index contributed by atoms with van der Waals surface area (Å²) in [4.78, 5) is 44.0. The molecular weight excluding hydrogens is 447 g/mol. The minimum atomic E-state index is -1.06. The van der Waals surface area contributed by atoms with Crippen molar-refractivity contribution in [2.75, 3.05) is 12.0 Å². The summed E-state index contributed by atoms with van der Waals surface area (Å²) in [7, 11) is 1.50. The van der Waals surface area contributed by atoms with Gasteiger partial charge in [-0.05, 0) is 48.9 Å². The molecule has 2 heterocycles. The predicted octanol–water partition coefficient (Wildman–Crippen LogP) is 4.43. The third-order valence-corrected chi connectivity index (χ3v) is 6.56. The van der Waals surface area contributed by atoms with Gasteiger partial charge in [-0.1, -0.05) is 23.5 Å². The van der Waals surface area contributed by atoms with Crippen LogP contribution in [0.3, 0.4) is 0 Å². The van der Waals surface area contributed by atoms with Crippen LogP contribution in [0.1, 0.15) is 39.5 Å². The fourth-order valence-corrected chi connectivity index (χ4v) is 4.70. The minimum absolute atomic E-state index is 0.142. The second-order valence-electron chi connectivity index (χ2n) is 7.42. The van der Waals surface area contributed by atoms with Crippen LogP contribution in [0, 0.1) is 12.7 Å². The van der Waals surface area contributed by atoms with Crippen LogP contribution in [0.2, 0.25) is 0 Å². The van der Waals surface area contributed by atoms with Gasteiger partial charge in [0.25, 0.3) is 5.78 Å². The number of hydrogen-bond acceptors (Lipinski definition) is 7. The molecule has 9 heteroatoms. The van der Waals surface area contributed by atoms with Crippen molar-refractivity contribution in [2.45, 2.75) is 19.9 Å². The van der Waals surface area contributed by atoms with Crippen molar-refractivity contribution in [1.29, 1.82) is 0 Å². The number of benzene rings is 2. The highest BCUT2D eigenvalue weighted by Crippen LogP contribution is 2.44. The Morgan fingerprint density at radius 1 is 1.12 bits per heavy atom. The summed E-state index contributed by atoms with van der Waals surface area (Å²) in [6.45, 7) is 3.02. The SMILES string of the molecule is COc1ccc(C(O)=C2C(=O)C(=O)N(c3nc(C)c(C(C)=O)s3)[C@@H]2c2ccc(F)cc2)cc1. The maximum atomic E-state index is 13.6. The number of ketones is 2. The van der Waals surface area contributed by atoms with Gasteiger partial charge in [0, 0.05) is 12.5 Å². The number of methoxy groups -OCH3 is 1. The van der Waals surface area contributed by atoms with Crippen molar-refractivity contribution < 1.29 is 28.6 Å². The third kappa shape index (κ3) is 3.91. The van der Waals surface area contributed by atoms with E-state index in [1.165, 1.54) is 38.3 Å². The molecule has 0 aliphatic carbocycles. The van der Waals surface area contributed by atoms with Gasteiger partial charge in [0.05, 0.1) is 29.3 Å². The third-order valence-electron chi connectivity index (χ3n) is 5.30. The number of thiazole rings is 1. The normalized spacial score (nSPS) is 17.5. The summed E-state index contributed by atoms with van der Waals surface area (Å²) >= 11 is 0.984. The topological polar surface area (TPSA) is 96.8 Å². The number of Topliss-reactive ketones (excluding diaryl/α,β-unsaturated/α-hetero) is 2. The molecule has 0 radical (unpaired) electrons. The summed E-state index contributed by atoms with van der Waals surface area (Å²) in [5.74, 6) is -2.35. The van der Waals surface area contributed by atoms with E-state index in [1.54, 1.807) is 31.2 Å². The van der Waals surface area contributed by atoms with E-state index in [-0.39, 0.29) is 22.2 Å². The molecule has 1 fully saturated rings. The van der Waals surface area contributed by atoms with E-state index in [9.17, 15) is 23.9 Å². The van der Waals surface area contributed by atoms with Crippen molar-refractivity contribution in [2.24, 2.45) is 0 Å². The zero-order chi connectivity index (χ0) is 23.9. The Labute approximate surface area is 192 Å². The number of halogens is 1. The summed E-state index contributed by atoms with van der Waals surface area (Å²) in [6.07, 6.45) is 0. The average Bonchev–Trinajstić information content (AvgIpc) is 3.31. The first kappa shape index (κ1) is 22.3. The molecule has 2 aromatic carbocycles. The summed E-state index contributed by atoms with van der Waals surface area (Å²) < 4.78 is 18.7. The molecule has 0 bridgehead atoms. The molecule has 7 nitrogen and oxygen atoms in total. The number of amides is 1. The van der Waals surface area contributed by atoms with Gasteiger partial charge in [0.15, 0.2) is 10.9 Å². The number of ether oxygens (including phenoxy) is 1. The standard InChI is InChI=1S/C24H19FN2O5S/c1-12-22(13(2)28)33-24(26-12)27-19(14-4-8-16(25)9-5-14)18(21(30)23(27)31)20(29)15-6-10-17(32-3)11-7-15/h4-11,19,29H,1-3H3/t19-/m1/s1. The molecule has 33 heavy (non-hydrogen) atoms. The van der Waals surface area contributed by atoms with Gasteiger partial charge in [-0.2, -0.15) is 0 Å². The highest BCUT2D eigenvalue weighted by atomic mass is 32.1. The van der Waals surface area contributed by atoms with Gasteiger partial charge in [-0.15, -0.1) is 0 Å². The largest absolute Gasteiger partial charge is 0.507 e. The number of nitrogens with zero attached hydrogens (tertiary/aromatic N) is 2. The van der Waals surface area contributed by atoms with E-state index in [0.29, 0.717) is 27.4 Å². The Morgan fingerprint density at radius 3 is 2.30 bits per heavy atom. The maximum Gasteiger partial charge on any atom is 0.301 e. The molecule has 3 aromatic rings. The monoisotopic (exact) mass is 466 g/mol. The van der Waals surface area contributed by atoms with E-state index in [0.717, 1.165) is 16.2 Å². The minimum Gasteiger partial charge on any atom is -0.507 e. The number of aryl methyl sites for hydroxylation is 1. The number of carbonyl (C=O) groups is 3. The van der Waals surface area contributed by atoms with Crippen molar-refractivity contribution in [1.82, 2.24) is 4.98 Å². The number of aliphatic hydroxyl groups is 1. The highest BCUT2D eigenvalue weighted by molar-refractivity contribution is 7.18. The Morgan fingerprint density at radius 2 is 1.76 bits per heavy atom. The Hall–Kier alpha value is -3.85. The zero-order valence-electron chi connectivity index (χ0n) is 18.0. The van der Waals surface area contributed by atoms with Crippen LogP contribution in [-0.2, 0) is 9.59 Å². The first-order valence-electron chi connectivity index (χ1n) is 9.92. The van der Waals surface area contributed by atoms with E-state index in [2.05, 4.69) is 4.98 Å². The summed E-state index contributed by atoms with van der Waals surface area (Å²) in [5, 5.41) is 11.2. The van der Waals surface area contributed by atoms with E-state index in [1.807, 2.05) is 0 Å². The van der Waals surface area contributed by atoms with Gasteiger partial charge >= 0.3 is 5.91 Å². The van der Waals surface area contributed by atoms with Crippen molar-refractivity contribution in [3.8, 4) is 5.75 Å². The molecule has 1 amide bonds. The lowest BCUT2D eigenvalue weighted by atomic mass is 9.95. The van der Waals surface area contributed by atoms with Gasteiger partial charge in [0.1, 0.15) is 17.3 Å². The van der Waals surface area contributed by atoms with E-state index < -0.39 is 23.5 Å². The van der Waals surface area contributed by atoms with Gasteiger partial charge in [-0.3, -0.25) is 19.3 Å². The Kier molecular flexibility index (Phi) is 5.82. The molecule has 1 N–H and O–H groups in total. The summed E-state index contributed by atoms with van der Waals surface area (Å²) in [6, 6.07) is 10.6. The molecule has 1 aromatic heterocycles. The van der Waals surface area contributed by atoms with Crippen molar-refractivity contribution >= 4 is 39.7 Å². The van der Waals surface area contributed by atoms with Crippen LogP contribution in [0.5, 0.6) is 5.75 Å². The second kappa shape index (κ2) is 8.59. The van der Waals surface area contributed by atoms with Crippen LogP contribution in [0.4, 0.5) is 9.52 Å². The Balaban J connectivity index is 1.92. The number of aromatic nitrogens is 1. The van der Waals surface area contributed by atoms with E-state index in [4.69, 9.17) is 4.74 Å². The van der Waals surface area contributed by atoms with Crippen LogP contribution < -0.4 is 9.64 Å². The number of carbonyl (C=O) groups excluding carboxylic acids is 3. The average molecular weight is 466 g/mol. The van der Waals surface area contributed by atoms with Gasteiger partial charge < -0.3 is 9.84 Å². The highest BCUT2D eigenvalue weighted by Gasteiger charge is 2.48. The first-order valence-corrected chi connectivity index (χ1v) is 10.7. The second-order valence-corrected chi connectivity index (χ2v) is 8.39. The lowest BCUT2D eigenvalue weighted by Gasteiger charge is -2.23. The molecule has 0 spiro atoms. The lowest BCUT2D eigenvalue weighted by molar-refractivity contribution is -0.132. The Bertz CT molecular complexity index is 1300. The number of anilines is 1. The fourth-order valence-electron chi connectivity index (χ4n) is 3.71. The molecular formula is C24H19FN2O5S. The smallest absolute Gasteiger partial charge is 0.301 e. The molecule has 1 saturated heterocycles. The number of aliphatic hydroxyl groups excluding tert-OH is 1. The molecule has 1 aliphatic heterocycles. The molecule has 168 valence electrons. The zero-order valence-corrected chi connectivity index (χ0v) is 18.8. The maximum absolute atomic E-state index is 13.6. The van der Waals surface area contributed by atoms with Gasteiger partial charge in [-0.25, -0.2) is 9.37 Å². The summed E-state index contributed by atoms with van der Waals surface area (Å²) in [5.41, 5.74) is 0.981. The van der Waals surface area contributed by atoms with Crippen LogP contribution >= 0.6 is 11.3 Å². The quantitative estimate of drug-likeness (QED) is 0.259. The van der Waals surface area contributed by atoms with Gasteiger partial charge in [0.2, 0.25) is 0 Å². The first-order chi connectivity index (χ1) is 15.7. The fraction of sp³-hybridized carbons (Fsp3) is 0.167. The lowest BCUT2D eigenvalue weighted by Crippen LogP contribution is -2.29. The van der Waals surface area contributed by atoms with Crippen LogP contribution in [0.25, 0.3) is 5.76 Å².